The number of likely N-dealkylation sites (N-methyl/N-ethyl adjacent to an activating group) is 1. The van der Waals surface area contributed by atoms with Crippen LogP contribution in [0.25, 0.3) is 0 Å². The van der Waals surface area contributed by atoms with E-state index in [1.54, 1.807) is 31.2 Å². The van der Waals surface area contributed by atoms with Crippen molar-refractivity contribution in [3.05, 3.63) is 35.4 Å². The predicted octanol–water partition coefficient (Wildman–Crippen LogP) is 0.894. The Bertz CT molecular complexity index is 507. The Hall–Kier alpha value is -1.90. The van der Waals surface area contributed by atoms with Crippen molar-refractivity contribution in [1.29, 1.82) is 5.26 Å². The first-order valence-electron chi connectivity index (χ1n) is 6.64. The van der Waals surface area contributed by atoms with Gasteiger partial charge in [0.2, 0.25) is 5.91 Å². The maximum Gasteiger partial charge on any atom is 0.239 e. The number of ether oxygens (including phenoxy) is 1. The third kappa shape index (κ3) is 3.35. The van der Waals surface area contributed by atoms with Crippen LogP contribution >= 0.6 is 0 Å². The van der Waals surface area contributed by atoms with Crippen LogP contribution in [-0.2, 0) is 16.1 Å². The number of carbonyl (C=O) groups excluding carboxylic acids is 1. The molecule has 1 amide bonds. The topological polar surface area (TPSA) is 65.4 Å². The van der Waals surface area contributed by atoms with Gasteiger partial charge in [-0.05, 0) is 24.1 Å². The van der Waals surface area contributed by atoms with Crippen molar-refractivity contribution in [2.75, 3.05) is 20.7 Å². The average molecular weight is 273 g/mol. The molecule has 1 N–H and O–H groups in total. The van der Waals surface area contributed by atoms with E-state index >= 15 is 0 Å². The average Bonchev–Trinajstić information content (AvgIpc) is 2.96. The van der Waals surface area contributed by atoms with Crippen LogP contribution in [0.15, 0.2) is 24.3 Å². The summed E-state index contributed by atoms with van der Waals surface area (Å²) < 4.78 is 5.25. The molecule has 0 radical (unpaired) electrons. The molecule has 1 aromatic rings. The highest BCUT2D eigenvalue weighted by Crippen LogP contribution is 2.13. The largest absolute Gasteiger partial charge is 0.380 e. The van der Waals surface area contributed by atoms with Crippen LogP contribution in [0.4, 0.5) is 0 Å². The van der Waals surface area contributed by atoms with Crippen LogP contribution in [0.3, 0.4) is 0 Å². The van der Waals surface area contributed by atoms with Gasteiger partial charge < -0.3 is 15.0 Å². The summed E-state index contributed by atoms with van der Waals surface area (Å²) in [7, 11) is 3.46. The second kappa shape index (κ2) is 6.51. The van der Waals surface area contributed by atoms with Crippen molar-refractivity contribution in [3.63, 3.8) is 0 Å². The van der Waals surface area contributed by atoms with Crippen LogP contribution in [0.5, 0.6) is 0 Å². The smallest absolute Gasteiger partial charge is 0.239 e. The number of rotatable bonds is 4. The summed E-state index contributed by atoms with van der Waals surface area (Å²) in [5.74, 6) is 0.0777. The molecule has 1 saturated heterocycles. The number of benzene rings is 1. The molecule has 20 heavy (non-hydrogen) atoms. The van der Waals surface area contributed by atoms with Gasteiger partial charge in [0.15, 0.2) is 0 Å². The molecule has 2 unspecified atom stereocenters. The zero-order valence-corrected chi connectivity index (χ0v) is 11.8. The second-order valence-electron chi connectivity index (χ2n) is 5.06. The molecule has 1 heterocycles. The summed E-state index contributed by atoms with van der Waals surface area (Å²) in [6, 6.07) is 9.21. The SMILES string of the molecule is COC1CNC(C(=O)N(C)Cc2ccc(C#N)cc2)C1. The molecular weight excluding hydrogens is 254 g/mol. The minimum Gasteiger partial charge on any atom is -0.380 e. The minimum absolute atomic E-state index is 0.0777. The summed E-state index contributed by atoms with van der Waals surface area (Å²) in [5, 5.41) is 11.9. The molecule has 0 saturated carbocycles. The van der Waals surface area contributed by atoms with Crippen LogP contribution < -0.4 is 5.32 Å². The Morgan fingerprint density at radius 1 is 1.50 bits per heavy atom. The molecule has 0 bridgehead atoms. The van der Waals surface area contributed by atoms with Crippen molar-refractivity contribution >= 4 is 5.91 Å². The predicted molar refractivity (Wildman–Crippen MR) is 74.8 cm³/mol. The molecule has 5 heteroatoms. The monoisotopic (exact) mass is 273 g/mol. The standard InChI is InChI=1S/C15H19N3O2/c1-18(10-12-5-3-11(8-16)4-6-12)15(19)14-7-13(20-2)9-17-14/h3-6,13-14,17H,7,9-10H2,1-2H3. The van der Waals surface area contributed by atoms with E-state index in [4.69, 9.17) is 10.00 Å². The highest BCUT2D eigenvalue weighted by atomic mass is 16.5. The number of nitrogens with zero attached hydrogens (tertiary/aromatic N) is 2. The van der Waals surface area contributed by atoms with E-state index in [2.05, 4.69) is 11.4 Å². The summed E-state index contributed by atoms with van der Waals surface area (Å²) in [5.41, 5.74) is 1.64. The number of nitriles is 1. The molecule has 0 aromatic heterocycles. The van der Waals surface area contributed by atoms with Crippen LogP contribution in [0.2, 0.25) is 0 Å². The summed E-state index contributed by atoms with van der Waals surface area (Å²) in [6.45, 7) is 1.26. The second-order valence-corrected chi connectivity index (χ2v) is 5.06. The van der Waals surface area contributed by atoms with Crippen molar-refractivity contribution in [3.8, 4) is 6.07 Å². The number of methoxy groups -OCH3 is 1. The van der Waals surface area contributed by atoms with Crippen molar-refractivity contribution in [1.82, 2.24) is 10.2 Å². The van der Waals surface area contributed by atoms with Gasteiger partial charge in [0.25, 0.3) is 0 Å². The maximum atomic E-state index is 12.3. The van der Waals surface area contributed by atoms with Gasteiger partial charge in [0.1, 0.15) is 0 Å². The Kier molecular flexibility index (Phi) is 4.72. The molecule has 1 aliphatic heterocycles. The van der Waals surface area contributed by atoms with Crippen molar-refractivity contribution in [2.45, 2.75) is 25.1 Å². The molecular formula is C15H19N3O2. The molecule has 1 aromatic carbocycles. The van der Waals surface area contributed by atoms with Gasteiger partial charge in [-0.15, -0.1) is 0 Å². The molecule has 2 atom stereocenters. The zero-order chi connectivity index (χ0) is 14.5. The lowest BCUT2D eigenvalue weighted by Crippen LogP contribution is -2.41. The molecule has 5 nitrogen and oxygen atoms in total. The summed E-state index contributed by atoms with van der Waals surface area (Å²) >= 11 is 0. The van der Waals surface area contributed by atoms with E-state index in [0.717, 1.165) is 12.1 Å². The van der Waals surface area contributed by atoms with E-state index < -0.39 is 0 Å². The zero-order valence-electron chi connectivity index (χ0n) is 11.8. The number of carbonyl (C=O) groups is 1. The van der Waals surface area contributed by atoms with Gasteiger partial charge in [-0.2, -0.15) is 5.26 Å². The lowest BCUT2D eigenvalue weighted by Gasteiger charge is -2.21. The summed E-state index contributed by atoms with van der Waals surface area (Å²) in [6.07, 6.45) is 0.833. The minimum atomic E-state index is -0.164. The maximum absolute atomic E-state index is 12.3. The fraction of sp³-hybridized carbons (Fsp3) is 0.467. The van der Waals surface area contributed by atoms with Gasteiger partial charge >= 0.3 is 0 Å². The van der Waals surface area contributed by atoms with Crippen molar-refractivity contribution in [2.24, 2.45) is 0 Å². The highest BCUT2D eigenvalue weighted by molar-refractivity contribution is 5.82. The van der Waals surface area contributed by atoms with Gasteiger partial charge in [-0.25, -0.2) is 0 Å². The first kappa shape index (κ1) is 14.5. The summed E-state index contributed by atoms with van der Waals surface area (Å²) in [4.78, 5) is 14.0. The fourth-order valence-electron chi connectivity index (χ4n) is 2.37. The first-order valence-corrected chi connectivity index (χ1v) is 6.64. The van der Waals surface area contributed by atoms with Crippen LogP contribution in [0, 0.1) is 11.3 Å². The third-order valence-electron chi connectivity index (χ3n) is 3.60. The molecule has 106 valence electrons. The molecule has 0 spiro atoms. The number of hydrogen-bond acceptors (Lipinski definition) is 4. The van der Waals surface area contributed by atoms with E-state index in [0.29, 0.717) is 18.5 Å². The van der Waals surface area contributed by atoms with Gasteiger partial charge in [-0.1, -0.05) is 12.1 Å². The van der Waals surface area contributed by atoms with Crippen LogP contribution in [0.1, 0.15) is 17.5 Å². The van der Waals surface area contributed by atoms with E-state index in [1.165, 1.54) is 0 Å². The molecule has 2 rings (SSSR count). The van der Waals surface area contributed by atoms with E-state index in [1.807, 2.05) is 12.1 Å². The Morgan fingerprint density at radius 2 is 2.20 bits per heavy atom. The molecule has 1 fully saturated rings. The highest BCUT2D eigenvalue weighted by Gasteiger charge is 2.31. The Morgan fingerprint density at radius 3 is 2.75 bits per heavy atom. The normalized spacial score (nSPS) is 21.4. The van der Waals surface area contributed by atoms with Gasteiger partial charge in [0.05, 0.1) is 23.8 Å². The van der Waals surface area contributed by atoms with E-state index in [9.17, 15) is 4.79 Å². The number of amides is 1. The fourth-order valence-corrected chi connectivity index (χ4v) is 2.37. The first-order chi connectivity index (χ1) is 9.63. The third-order valence-corrected chi connectivity index (χ3v) is 3.60. The van der Waals surface area contributed by atoms with Crippen LogP contribution in [-0.4, -0.2) is 43.7 Å². The van der Waals surface area contributed by atoms with Gasteiger partial charge in [-0.3, -0.25) is 4.79 Å². The number of hydrogen-bond donors (Lipinski definition) is 1. The number of nitrogens with one attached hydrogen (secondary N) is 1. The molecule has 1 aliphatic rings. The Labute approximate surface area is 119 Å². The lowest BCUT2D eigenvalue weighted by atomic mass is 10.1. The molecule has 0 aliphatic carbocycles. The lowest BCUT2D eigenvalue weighted by molar-refractivity contribution is -0.132. The Balaban J connectivity index is 1.92. The van der Waals surface area contributed by atoms with Crippen molar-refractivity contribution < 1.29 is 9.53 Å². The van der Waals surface area contributed by atoms with E-state index in [-0.39, 0.29) is 18.1 Å². The van der Waals surface area contributed by atoms with Gasteiger partial charge in [0, 0.05) is 27.2 Å². The quantitative estimate of drug-likeness (QED) is 0.885.